The summed E-state index contributed by atoms with van der Waals surface area (Å²) >= 11 is 0. The number of amides is 1. The first kappa shape index (κ1) is 26.6. The number of aliphatic hydroxyl groups is 1. The lowest BCUT2D eigenvalue weighted by molar-refractivity contribution is 0.0956. The molecule has 0 saturated carbocycles. The molecule has 160 valence electrons. The molecule has 0 atom stereocenters. The van der Waals surface area contributed by atoms with Gasteiger partial charge in [0, 0.05) is 31.8 Å². The van der Waals surface area contributed by atoms with Crippen LogP contribution in [-0.4, -0.2) is 43.2 Å². The molecule has 7 heteroatoms. The molecule has 0 aliphatic heterocycles. The van der Waals surface area contributed by atoms with E-state index < -0.39 is 0 Å². The topological polar surface area (TPSA) is 85.8 Å². The van der Waals surface area contributed by atoms with Crippen molar-refractivity contribution < 1.29 is 9.90 Å². The minimum atomic E-state index is -0.0538. The van der Waals surface area contributed by atoms with Gasteiger partial charge in [-0.05, 0) is 56.2 Å². The molecule has 0 fully saturated rings. The van der Waals surface area contributed by atoms with Gasteiger partial charge in [0.2, 0.25) is 0 Å². The summed E-state index contributed by atoms with van der Waals surface area (Å²) in [5.74, 6) is 0.719. The standard InChI is InChI=1S/C21H36N4O2.HI/c1-5-21(6-2,13-14-26)16-25-20(23-8-4)24-15-17-9-11-18(12-10-17)19(27)22-7-3;/h9-12,26H,5-8,13-16H2,1-4H3,(H,22,27)(H2,23,24,25);1H. The molecule has 0 radical (unpaired) electrons. The molecule has 1 aromatic carbocycles. The van der Waals surface area contributed by atoms with Gasteiger partial charge in [0.15, 0.2) is 5.96 Å². The van der Waals surface area contributed by atoms with Gasteiger partial charge in [-0.15, -0.1) is 24.0 Å². The smallest absolute Gasteiger partial charge is 0.251 e. The highest BCUT2D eigenvalue weighted by atomic mass is 127. The lowest BCUT2D eigenvalue weighted by atomic mass is 9.79. The molecule has 0 unspecified atom stereocenters. The molecule has 1 aromatic rings. The number of carbonyl (C=O) groups excluding carboxylic acids is 1. The Kier molecular flexibility index (Phi) is 13.9. The summed E-state index contributed by atoms with van der Waals surface area (Å²) in [4.78, 5) is 16.5. The molecular formula is C21H37IN4O2. The summed E-state index contributed by atoms with van der Waals surface area (Å²) < 4.78 is 0. The summed E-state index contributed by atoms with van der Waals surface area (Å²) in [6.07, 6.45) is 2.81. The SMILES string of the molecule is CCNC(=O)c1ccc(CN=C(NCC)NCC(CC)(CC)CCO)cc1.I. The van der Waals surface area contributed by atoms with Crippen LogP contribution < -0.4 is 16.0 Å². The van der Waals surface area contributed by atoms with Gasteiger partial charge in [0.25, 0.3) is 5.91 Å². The normalized spacial score (nSPS) is 11.5. The maximum Gasteiger partial charge on any atom is 0.251 e. The highest BCUT2D eigenvalue weighted by Crippen LogP contribution is 2.29. The van der Waals surface area contributed by atoms with E-state index in [1.54, 1.807) is 0 Å². The molecule has 0 spiro atoms. The molecule has 4 N–H and O–H groups in total. The van der Waals surface area contributed by atoms with Crippen molar-refractivity contribution >= 4 is 35.8 Å². The van der Waals surface area contributed by atoms with Crippen LogP contribution in [0.15, 0.2) is 29.3 Å². The van der Waals surface area contributed by atoms with Crippen molar-refractivity contribution in [2.45, 2.75) is 53.5 Å². The van der Waals surface area contributed by atoms with Crippen LogP contribution in [0.25, 0.3) is 0 Å². The van der Waals surface area contributed by atoms with Gasteiger partial charge in [-0.3, -0.25) is 4.79 Å². The summed E-state index contributed by atoms with van der Waals surface area (Å²) in [6.45, 7) is 11.2. The Morgan fingerprint density at radius 3 is 2.11 bits per heavy atom. The molecule has 0 saturated heterocycles. The maximum atomic E-state index is 11.8. The Morgan fingerprint density at radius 1 is 1.00 bits per heavy atom. The van der Waals surface area contributed by atoms with Gasteiger partial charge in [0.1, 0.15) is 0 Å². The number of halogens is 1. The first-order valence-corrected chi connectivity index (χ1v) is 10.0. The van der Waals surface area contributed by atoms with Gasteiger partial charge in [-0.1, -0.05) is 26.0 Å². The largest absolute Gasteiger partial charge is 0.396 e. The predicted molar refractivity (Wildman–Crippen MR) is 127 cm³/mol. The van der Waals surface area contributed by atoms with Crippen LogP contribution in [0.5, 0.6) is 0 Å². The first-order valence-electron chi connectivity index (χ1n) is 10.0. The minimum absolute atomic E-state index is 0. The minimum Gasteiger partial charge on any atom is -0.396 e. The van der Waals surface area contributed by atoms with Crippen molar-refractivity contribution in [1.29, 1.82) is 0 Å². The van der Waals surface area contributed by atoms with Crippen LogP contribution >= 0.6 is 24.0 Å². The number of aliphatic hydroxyl groups excluding tert-OH is 1. The van der Waals surface area contributed by atoms with Crippen LogP contribution in [-0.2, 0) is 6.54 Å². The Labute approximate surface area is 187 Å². The maximum absolute atomic E-state index is 11.8. The molecule has 0 bridgehead atoms. The quantitative estimate of drug-likeness (QED) is 0.212. The van der Waals surface area contributed by atoms with Gasteiger partial charge in [-0.2, -0.15) is 0 Å². The van der Waals surface area contributed by atoms with Gasteiger partial charge in [-0.25, -0.2) is 4.99 Å². The summed E-state index contributed by atoms with van der Waals surface area (Å²) in [6, 6.07) is 7.53. The van der Waals surface area contributed by atoms with Crippen molar-refractivity contribution in [2.24, 2.45) is 10.4 Å². The molecule has 28 heavy (non-hydrogen) atoms. The van der Waals surface area contributed by atoms with Gasteiger partial charge < -0.3 is 21.1 Å². The zero-order chi connectivity index (χ0) is 20.1. The lowest BCUT2D eigenvalue weighted by Crippen LogP contribution is -2.43. The number of aliphatic imine (C=N–C) groups is 1. The Morgan fingerprint density at radius 2 is 1.61 bits per heavy atom. The van der Waals surface area contributed by atoms with Crippen LogP contribution in [0.2, 0.25) is 0 Å². The zero-order valence-corrected chi connectivity index (χ0v) is 20.0. The number of hydrogen-bond donors (Lipinski definition) is 4. The van der Waals surface area contributed by atoms with Crippen molar-refractivity contribution in [1.82, 2.24) is 16.0 Å². The van der Waals surface area contributed by atoms with Crippen LogP contribution in [0.3, 0.4) is 0 Å². The fourth-order valence-corrected chi connectivity index (χ4v) is 2.99. The zero-order valence-electron chi connectivity index (χ0n) is 17.7. The number of benzene rings is 1. The third-order valence-corrected chi connectivity index (χ3v) is 5.09. The second-order valence-corrected chi connectivity index (χ2v) is 6.79. The third kappa shape index (κ3) is 8.77. The lowest BCUT2D eigenvalue weighted by Gasteiger charge is -2.32. The van der Waals surface area contributed by atoms with E-state index in [0.29, 0.717) is 18.7 Å². The van der Waals surface area contributed by atoms with Gasteiger partial charge >= 0.3 is 0 Å². The number of nitrogens with zero attached hydrogens (tertiary/aromatic N) is 1. The van der Waals surface area contributed by atoms with E-state index in [-0.39, 0.29) is 41.9 Å². The molecule has 0 aromatic heterocycles. The average molecular weight is 504 g/mol. The van der Waals surface area contributed by atoms with Crippen LogP contribution in [0.4, 0.5) is 0 Å². The van der Waals surface area contributed by atoms with Crippen LogP contribution in [0, 0.1) is 5.41 Å². The number of rotatable bonds is 11. The van der Waals surface area contributed by atoms with E-state index in [0.717, 1.165) is 43.9 Å². The summed E-state index contributed by atoms with van der Waals surface area (Å²) in [5.41, 5.74) is 1.79. The van der Waals surface area contributed by atoms with E-state index >= 15 is 0 Å². The average Bonchev–Trinajstić information content (AvgIpc) is 2.69. The second kappa shape index (κ2) is 14.6. The molecule has 1 amide bonds. The molecule has 0 aliphatic carbocycles. The molecular weight excluding hydrogens is 467 g/mol. The number of nitrogens with one attached hydrogen (secondary N) is 3. The predicted octanol–water partition coefficient (Wildman–Crippen LogP) is 3.30. The first-order chi connectivity index (χ1) is 13.0. The van der Waals surface area contributed by atoms with E-state index in [9.17, 15) is 9.90 Å². The second-order valence-electron chi connectivity index (χ2n) is 6.79. The third-order valence-electron chi connectivity index (χ3n) is 5.09. The summed E-state index contributed by atoms with van der Waals surface area (Å²) in [7, 11) is 0. The molecule has 0 aliphatic rings. The van der Waals surface area contributed by atoms with Crippen LogP contribution in [0.1, 0.15) is 62.9 Å². The number of hydrogen-bond acceptors (Lipinski definition) is 3. The van der Waals surface area contributed by atoms with E-state index in [1.807, 2.05) is 38.1 Å². The molecule has 6 nitrogen and oxygen atoms in total. The highest BCUT2D eigenvalue weighted by molar-refractivity contribution is 14.0. The summed E-state index contributed by atoms with van der Waals surface area (Å²) in [5, 5.41) is 18.9. The van der Waals surface area contributed by atoms with Crippen molar-refractivity contribution in [2.75, 3.05) is 26.2 Å². The van der Waals surface area contributed by atoms with Crippen molar-refractivity contribution in [3.63, 3.8) is 0 Å². The van der Waals surface area contributed by atoms with Crippen molar-refractivity contribution in [3.05, 3.63) is 35.4 Å². The molecule has 1 rings (SSSR count). The van der Waals surface area contributed by atoms with Crippen molar-refractivity contribution in [3.8, 4) is 0 Å². The Hall–Kier alpha value is -1.35. The fourth-order valence-electron chi connectivity index (χ4n) is 2.99. The number of carbonyl (C=O) groups is 1. The number of guanidine groups is 1. The Bertz CT molecular complexity index is 587. The van der Waals surface area contributed by atoms with E-state index in [1.165, 1.54) is 0 Å². The molecule has 0 heterocycles. The van der Waals surface area contributed by atoms with E-state index in [2.05, 4.69) is 34.8 Å². The highest BCUT2D eigenvalue weighted by Gasteiger charge is 2.25. The van der Waals surface area contributed by atoms with E-state index in [4.69, 9.17) is 0 Å². The Balaban J connectivity index is 0.00000729. The monoisotopic (exact) mass is 504 g/mol. The fraction of sp³-hybridized carbons (Fsp3) is 0.619. The van der Waals surface area contributed by atoms with Gasteiger partial charge in [0.05, 0.1) is 6.54 Å².